The zero-order valence-electron chi connectivity index (χ0n) is 21.9. The molecule has 4 aromatic rings. The summed E-state index contributed by atoms with van der Waals surface area (Å²) in [6, 6.07) is 24.2. The highest BCUT2D eigenvalue weighted by atomic mass is 32.1. The summed E-state index contributed by atoms with van der Waals surface area (Å²) in [5.74, 6) is 1.70. The second-order valence-corrected chi connectivity index (χ2v) is 11.5. The summed E-state index contributed by atoms with van der Waals surface area (Å²) in [6.07, 6.45) is 8.76. The lowest BCUT2D eigenvalue weighted by molar-refractivity contribution is 0.104. The Bertz CT molecular complexity index is 1380. The lowest BCUT2D eigenvalue weighted by Crippen LogP contribution is -2.25. The number of carbonyl (C=O) groups is 1. The predicted octanol–water partition coefficient (Wildman–Crippen LogP) is 7.99. The van der Waals surface area contributed by atoms with Crippen molar-refractivity contribution in [2.75, 3.05) is 26.2 Å². The van der Waals surface area contributed by atoms with Gasteiger partial charge in [0, 0.05) is 27.8 Å². The third-order valence-corrected chi connectivity index (χ3v) is 8.94. The van der Waals surface area contributed by atoms with Crippen molar-refractivity contribution < 1.29 is 14.3 Å². The van der Waals surface area contributed by atoms with Gasteiger partial charge in [-0.1, -0.05) is 48.9 Å². The number of ether oxygens (including phenoxy) is 2. The monoisotopic (exact) mass is 525 g/mol. The van der Waals surface area contributed by atoms with Gasteiger partial charge >= 0.3 is 0 Å². The molecule has 0 bridgehead atoms. The van der Waals surface area contributed by atoms with E-state index in [0.717, 1.165) is 57.0 Å². The molecular weight excluding hydrogens is 490 g/mol. The molecule has 1 saturated heterocycles. The highest BCUT2D eigenvalue weighted by Gasteiger charge is 2.22. The molecule has 196 valence electrons. The van der Waals surface area contributed by atoms with Crippen LogP contribution in [-0.4, -0.2) is 43.0 Å². The van der Waals surface area contributed by atoms with E-state index >= 15 is 0 Å². The van der Waals surface area contributed by atoms with E-state index in [1.54, 1.807) is 11.3 Å². The molecule has 0 unspecified atom stereocenters. The Hall–Kier alpha value is -3.15. The van der Waals surface area contributed by atoms with Crippen molar-refractivity contribution in [3.8, 4) is 22.6 Å². The normalized spacial score (nSPS) is 16.6. The number of fused-ring (bicyclic) bond motifs is 1. The van der Waals surface area contributed by atoms with Crippen LogP contribution in [0.25, 0.3) is 21.2 Å². The molecule has 0 N–H and O–H groups in total. The van der Waals surface area contributed by atoms with Crippen molar-refractivity contribution in [3.05, 3.63) is 83.2 Å². The minimum atomic E-state index is 0.0428. The van der Waals surface area contributed by atoms with Gasteiger partial charge in [0.1, 0.15) is 18.1 Å². The second kappa shape index (κ2) is 11.7. The fraction of sp³-hybridized carbons (Fsp3) is 0.364. The summed E-state index contributed by atoms with van der Waals surface area (Å²) in [5, 5.41) is 1.11. The van der Waals surface area contributed by atoms with Crippen molar-refractivity contribution in [1.82, 2.24) is 4.90 Å². The van der Waals surface area contributed by atoms with Crippen LogP contribution in [0.2, 0.25) is 0 Å². The van der Waals surface area contributed by atoms with Crippen LogP contribution in [0.1, 0.15) is 60.2 Å². The molecule has 1 aliphatic heterocycles. The molecule has 6 rings (SSSR count). The average Bonchev–Trinajstić information content (AvgIpc) is 3.62. The van der Waals surface area contributed by atoms with Crippen LogP contribution in [0, 0.1) is 0 Å². The largest absolute Gasteiger partial charge is 0.492 e. The number of rotatable bonds is 9. The topological polar surface area (TPSA) is 38.8 Å². The van der Waals surface area contributed by atoms with Gasteiger partial charge in [-0.15, -0.1) is 11.3 Å². The molecule has 1 aromatic heterocycles. The molecule has 0 radical (unpaired) electrons. The summed E-state index contributed by atoms with van der Waals surface area (Å²) in [4.78, 5) is 17.1. The van der Waals surface area contributed by atoms with Crippen LogP contribution in [0.5, 0.6) is 11.5 Å². The first kappa shape index (κ1) is 25.1. The van der Waals surface area contributed by atoms with Gasteiger partial charge in [0.15, 0.2) is 0 Å². The summed E-state index contributed by atoms with van der Waals surface area (Å²) < 4.78 is 13.4. The van der Waals surface area contributed by atoms with E-state index in [2.05, 4.69) is 29.2 Å². The van der Waals surface area contributed by atoms with E-state index in [1.807, 2.05) is 48.5 Å². The number of hydrogen-bond acceptors (Lipinski definition) is 5. The number of ketones is 1. The Labute approximate surface area is 229 Å². The van der Waals surface area contributed by atoms with E-state index in [-0.39, 0.29) is 11.9 Å². The maximum absolute atomic E-state index is 13.9. The maximum Gasteiger partial charge on any atom is 0.203 e. The predicted molar refractivity (Wildman–Crippen MR) is 156 cm³/mol. The van der Waals surface area contributed by atoms with Gasteiger partial charge in [0.2, 0.25) is 5.78 Å². The fourth-order valence-corrected chi connectivity index (χ4v) is 6.91. The average molecular weight is 526 g/mol. The zero-order chi connectivity index (χ0) is 25.7. The lowest BCUT2D eigenvalue weighted by Gasteiger charge is -2.23. The molecule has 4 nitrogen and oxygen atoms in total. The van der Waals surface area contributed by atoms with Gasteiger partial charge in [0.05, 0.1) is 11.0 Å². The standard InChI is InChI=1S/C33H35NO3S/c35-32(25-9-8-12-28(23-25)37-27-10-2-1-3-11-27)33-31(29-13-4-5-14-30(29)38-33)24-15-17-26(18-16-24)36-22-21-34-19-6-7-20-34/h4-5,8-9,12-18,23,27H,1-3,6-7,10-11,19-22H2. The minimum Gasteiger partial charge on any atom is -0.492 e. The Balaban J connectivity index is 1.25. The molecule has 1 aliphatic carbocycles. The molecule has 2 heterocycles. The number of nitrogens with zero attached hydrogens (tertiary/aromatic N) is 1. The Morgan fingerprint density at radius 3 is 2.45 bits per heavy atom. The second-order valence-electron chi connectivity index (χ2n) is 10.5. The van der Waals surface area contributed by atoms with Crippen molar-refractivity contribution in [2.45, 2.75) is 51.0 Å². The first-order valence-corrected chi connectivity index (χ1v) is 14.8. The number of hydrogen-bond donors (Lipinski definition) is 0. The van der Waals surface area contributed by atoms with Gasteiger partial charge in [-0.2, -0.15) is 0 Å². The maximum atomic E-state index is 13.9. The summed E-state index contributed by atoms with van der Waals surface area (Å²) >= 11 is 1.57. The smallest absolute Gasteiger partial charge is 0.203 e. The van der Waals surface area contributed by atoms with Crippen molar-refractivity contribution in [2.24, 2.45) is 0 Å². The zero-order valence-corrected chi connectivity index (χ0v) is 22.7. The molecule has 1 saturated carbocycles. The highest BCUT2D eigenvalue weighted by molar-refractivity contribution is 7.21. The summed E-state index contributed by atoms with van der Waals surface area (Å²) in [7, 11) is 0. The van der Waals surface area contributed by atoms with Gasteiger partial charge in [-0.25, -0.2) is 0 Å². The van der Waals surface area contributed by atoms with Crippen LogP contribution in [0.3, 0.4) is 0 Å². The van der Waals surface area contributed by atoms with Crippen molar-refractivity contribution in [1.29, 1.82) is 0 Å². The molecule has 2 fully saturated rings. The van der Waals surface area contributed by atoms with Gasteiger partial charge in [-0.05, 0) is 87.5 Å². The molecule has 0 atom stereocenters. The molecule has 5 heteroatoms. The number of carbonyl (C=O) groups excluding carboxylic acids is 1. The Morgan fingerprint density at radius 2 is 1.63 bits per heavy atom. The molecular formula is C33H35NO3S. The van der Waals surface area contributed by atoms with Gasteiger partial charge < -0.3 is 9.47 Å². The third kappa shape index (κ3) is 5.64. The minimum absolute atomic E-state index is 0.0428. The lowest BCUT2D eigenvalue weighted by atomic mass is 9.97. The SMILES string of the molecule is O=C(c1cccc(OC2CCCCC2)c1)c1sc2ccccc2c1-c1ccc(OCCN2CCCC2)cc1. The first-order valence-electron chi connectivity index (χ1n) is 14.0. The van der Waals surface area contributed by atoms with Crippen molar-refractivity contribution in [3.63, 3.8) is 0 Å². The molecule has 2 aliphatic rings. The van der Waals surface area contributed by atoms with Crippen LogP contribution >= 0.6 is 11.3 Å². The number of benzene rings is 3. The van der Waals surface area contributed by atoms with Crippen molar-refractivity contribution >= 4 is 27.2 Å². The highest BCUT2D eigenvalue weighted by Crippen LogP contribution is 2.40. The first-order chi connectivity index (χ1) is 18.7. The van der Waals surface area contributed by atoms with E-state index in [9.17, 15) is 4.79 Å². The summed E-state index contributed by atoms with van der Waals surface area (Å²) in [5.41, 5.74) is 2.71. The van der Waals surface area contributed by atoms with E-state index < -0.39 is 0 Å². The molecule has 38 heavy (non-hydrogen) atoms. The number of likely N-dealkylation sites (tertiary alicyclic amines) is 1. The van der Waals surface area contributed by atoms with Crippen LogP contribution in [0.4, 0.5) is 0 Å². The van der Waals surface area contributed by atoms with E-state index in [0.29, 0.717) is 12.2 Å². The Kier molecular flexibility index (Phi) is 7.75. The third-order valence-electron chi connectivity index (χ3n) is 7.77. The Morgan fingerprint density at radius 1 is 0.842 bits per heavy atom. The summed E-state index contributed by atoms with van der Waals surface area (Å²) in [6.45, 7) is 4.03. The van der Waals surface area contributed by atoms with E-state index in [4.69, 9.17) is 9.47 Å². The quantitative estimate of drug-likeness (QED) is 0.208. The van der Waals surface area contributed by atoms with Crippen LogP contribution in [-0.2, 0) is 0 Å². The van der Waals surface area contributed by atoms with Crippen LogP contribution < -0.4 is 9.47 Å². The molecule has 0 spiro atoms. The van der Waals surface area contributed by atoms with Gasteiger partial charge in [0.25, 0.3) is 0 Å². The van der Waals surface area contributed by atoms with E-state index in [1.165, 1.54) is 45.2 Å². The van der Waals surface area contributed by atoms with Crippen LogP contribution in [0.15, 0.2) is 72.8 Å². The molecule has 0 amide bonds. The van der Waals surface area contributed by atoms with Gasteiger partial charge in [-0.3, -0.25) is 9.69 Å². The fourth-order valence-electron chi connectivity index (χ4n) is 5.73. The molecule has 3 aromatic carbocycles. The number of thiophene rings is 1.